The third-order valence-corrected chi connectivity index (χ3v) is 2.65. The van der Waals surface area contributed by atoms with E-state index in [2.05, 4.69) is 0 Å². The van der Waals surface area contributed by atoms with Gasteiger partial charge in [0.1, 0.15) is 5.82 Å². The minimum Gasteiger partial charge on any atom is -0.396 e. The van der Waals surface area contributed by atoms with Gasteiger partial charge < -0.3 is 5.11 Å². The maximum Gasteiger partial charge on any atom is 0.127 e. The maximum atomic E-state index is 13.5. The molecule has 0 fully saturated rings. The Hall–Kier alpha value is -1.44. The molecule has 1 rings (SSSR count). The highest BCUT2D eigenvalue weighted by atomic mass is 19.1. The number of aliphatic hydroxyl groups is 1. The van der Waals surface area contributed by atoms with E-state index in [1.54, 1.807) is 6.07 Å². The zero-order valence-electron chi connectivity index (χ0n) is 9.99. The molecule has 0 heterocycles. The van der Waals surface area contributed by atoms with E-state index in [0.717, 1.165) is 13.1 Å². The fourth-order valence-corrected chi connectivity index (χ4v) is 1.65. The number of halogens is 1. The smallest absolute Gasteiger partial charge is 0.127 e. The van der Waals surface area contributed by atoms with Crippen LogP contribution >= 0.6 is 0 Å². The van der Waals surface area contributed by atoms with E-state index in [1.807, 2.05) is 17.9 Å². The summed E-state index contributed by atoms with van der Waals surface area (Å²) in [5, 5.41) is 17.5. The predicted molar refractivity (Wildman–Crippen MR) is 63.8 cm³/mol. The van der Waals surface area contributed by atoms with Crippen molar-refractivity contribution in [1.82, 2.24) is 4.90 Å². The SMILES string of the molecule is CCN(CCCO)Cc1cc(C#N)ccc1F. The van der Waals surface area contributed by atoms with Crippen molar-refractivity contribution in [2.45, 2.75) is 19.9 Å². The van der Waals surface area contributed by atoms with Crippen LogP contribution in [0.4, 0.5) is 4.39 Å². The molecule has 0 aliphatic rings. The summed E-state index contributed by atoms with van der Waals surface area (Å²) in [5.74, 6) is -0.286. The van der Waals surface area contributed by atoms with E-state index in [1.165, 1.54) is 12.1 Å². The Balaban J connectivity index is 2.74. The number of rotatable bonds is 6. The maximum absolute atomic E-state index is 13.5. The molecule has 0 aliphatic heterocycles. The van der Waals surface area contributed by atoms with Gasteiger partial charge in [-0.05, 0) is 31.2 Å². The second kappa shape index (κ2) is 7.00. The largest absolute Gasteiger partial charge is 0.396 e. The van der Waals surface area contributed by atoms with Gasteiger partial charge in [0.15, 0.2) is 0 Å². The van der Waals surface area contributed by atoms with E-state index < -0.39 is 0 Å². The molecule has 0 unspecified atom stereocenters. The van der Waals surface area contributed by atoms with Gasteiger partial charge in [0.25, 0.3) is 0 Å². The van der Waals surface area contributed by atoms with Crippen LogP contribution in [0.5, 0.6) is 0 Å². The van der Waals surface area contributed by atoms with E-state index >= 15 is 0 Å². The quantitative estimate of drug-likeness (QED) is 0.820. The summed E-state index contributed by atoms with van der Waals surface area (Å²) in [5.41, 5.74) is 1.00. The lowest BCUT2D eigenvalue weighted by Gasteiger charge is -2.20. The van der Waals surface area contributed by atoms with Gasteiger partial charge in [0.2, 0.25) is 0 Å². The molecule has 0 atom stereocenters. The Labute approximate surface area is 101 Å². The summed E-state index contributed by atoms with van der Waals surface area (Å²) in [7, 11) is 0. The third-order valence-electron chi connectivity index (χ3n) is 2.65. The van der Waals surface area contributed by atoms with Gasteiger partial charge in [-0.2, -0.15) is 5.26 Å². The van der Waals surface area contributed by atoms with E-state index in [0.29, 0.717) is 24.1 Å². The Morgan fingerprint density at radius 3 is 2.82 bits per heavy atom. The Morgan fingerprint density at radius 1 is 1.47 bits per heavy atom. The van der Waals surface area contributed by atoms with Crippen LogP contribution in [0.2, 0.25) is 0 Å². The summed E-state index contributed by atoms with van der Waals surface area (Å²) < 4.78 is 13.5. The van der Waals surface area contributed by atoms with Gasteiger partial charge in [-0.25, -0.2) is 4.39 Å². The van der Waals surface area contributed by atoms with Crippen molar-refractivity contribution in [3.63, 3.8) is 0 Å². The lowest BCUT2D eigenvalue weighted by atomic mass is 10.1. The first-order valence-electron chi connectivity index (χ1n) is 5.73. The van der Waals surface area contributed by atoms with Crippen molar-refractivity contribution in [3.05, 3.63) is 35.1 Å². The van der Waals surface area contributed by atoms with Crippen LogP contribution < -0.4 is 0 Å². The summed E-state index contributed by atoms with van der Waals surface area (Å²) in [6.07, 6.45) is 0.674. The molecule has 0 saturated heterocycles. The Bertz CT molecular complexity index is 401. The second-order valence-electron chi connectivity index (χ2n) is 3.86. The number of nitriles is 1. The van der Waals surface area contributed by atoms with Crippen molar-refractivity contribution < 1.29 is 9.50 Å². The zero-order valence-corrected chi connectivity index (χ0v) is 9.99. The van der Waals surface area contributed by atoms with Crippen LogP contribution in [0.3, 0.4) is 0 Å². The van der Waals surface area contributed by atoms with Gasteiger partial charge in [-0.3, -0.25) is 4.90 Å². The second-order valence-corrected chi connectivity index (χ2v) is 3.86. The van der Waals surface area contributed by atoms with Crippen molar-refractivity contribution in [2.24, 2.45) is 0 Å². The molecule has 17 heavy (non-hydrogen) atoms. The topological polar surface area (TPSA) is 47.3 Å². The average Bonchev–Trinajstić information content (AvgIpc) is 2.36. The molecule has 1 aromatic rings. The Morgan fingerprint density at radius 2 is 2.24 bits per heavy atom. The van der Waals surface area contributed by atoms with Crippen molar-refractivity contribution >= 4 is 0 Å². The molecular weight excluding hydrogens is 219 g/mol. The third kappa shape index (κ3) is 4.14. The van der Waals surface area contributed by atoms with E-state index in [4.69, 9.17) is 10.4 Å². The van der Waals surface area contributed by atoms with Crippen LogP contribution in [0, 0.1) is 17.1 Å². The number of nitrogens with zero attached hydrogens (tertiary/aromatic N) is 2. The highest BCUT2D eigenvalue weighted by molar-refractivity contribution is 5.33. The highest BCUT2D eigenvalue weighted by Gasteiger charge is 2.08. The van der Waals surface area contributed by atoms with Crippen LogP contribution in [0.1, 0.15) is 24.5 Å². The molecule has 1 N–H and O–H groups in total. The fraction of sp³-hybridized carbons (Fsp3) is 0.462. The van der Waals surface area contributed by atoms with Gasteiger partial charge >= 0.3 is 0 Å². The normalized spacial score (nSPS) is 10.5. The number of hydrogen-bond acceptors (Lipinski definition) is 3. The summed E-state index contributed by atoms with van der Waals surface area (Å²) in [4.78, 5) is 2.04. The molecule has 4 heteroatoms. The molecule has 0 aliphatic carbocycles. The molecule has 1 aromatic carbocycles. The Kier molecular flexibility index (Phi) is 5.61. The molecule has 0 aromatic heterocycles. The molecule has 0 spiro atoms. The molecular formula is C13H17FN2O. The minimum absolute atomic E-state index is 0.136. The van der Waals surface area contributed by atoms with E-state index in [9.17, 15) is 4.39 Å². The highest BCUT2D eigenvalue weighted by Crippen LogP contribution is 2.13. The molecule has 0 saturated carbocycles. The molecule has 0 amide bonds. The monoisotopic (exact) mass is 236 g/mol. The van der Waals surface area contributed by atoms with Crippen molar-refractivity contribution in [1.29, 1.82) is 5.26 Å². The van der Waals surface area contributed by atoms with Crippen LogP contribution in [0.25, 0.3) is 0 Å². The summed E-state index contributed by atoms with van der Waals surface area (Å²) in [6.45, 7) is 4.11. The molecule has 92 valence electrons. The lowest BCUT2D eigenvalue weighted by molar-refractivity contribution is 0.224. The van der Waals surface area contributed by atoms with Crippen LogP contribution in [0.15, 0.2) is 18.2 Å². The molecule has 3 nitrogen and oxygen atoms in total. The van der Waals surface area contributed by atoms with Crippen LogP contribution in [-0.4, -0.2) is 29.7 Å². The van der Waals surface area contributed by atoms with E-state index in [-0.39, 0.29) is 12.4 Å². The van der Waals surface area contributed by atoms with Crippen molar-refractivity contribution in [2.75, 3.05) is 19.7 Å². The molecule has 0 radical (unpaired) electrons. The minimum atomic E-state index is -0.286. The van der Waals surface area contributed by atoms with Gasteiger partial charge in [0.05, 0.1) is 11.6 Å². The van der Waals surface area contributed by atoms with Crippen LogP contribution in [-0.2, 0) is 6.54 Å². The summed E-state index contributed by atoms with van der Waals surface area (Å²) in [6, 6.07) is 6.39. The zero-order chi connectivity index (χ0) is 12.7. The average molecular weight is 236 g/mol. The van der Waals surface area contributed by atoms with Crippen molar-refractivity contribution in [3.8, 4) is 6.07 Å². The standard InChI is InChI=1S/C13H17FN2O/c1-2-16(6-3-7-17)10-12-8-11(9-15)4-5-13(12)14/h4-5,8,17H,2-3,6-7,10H2,1H3. The first kappa shape index (κ1) is 13.6. The first-order valence-corrected chi connectivity index (χ1v) is 5.73. The number of aliphatic hydroxyl groups excluding tert-OH is 1. The molecule has 0 bridgehead atoms. The summed E-state index contributed by atoms with van der Waals surface area (Å²) >= 11 is 0. The predicted octanol–water partition coefficient (Wildman–Crippen LogP) is 1.90. The first-order chi connectivity index (χ1) is 8.21. The fourth-order valence-electron chi connectivity index (χ4n) is 1.65. The van der Waals surface area contributed by atoms with Gasteiger partial charge in [-0.1, -0.05) is 6.92 Å². The number of hydrogen-bond donors (Lipinski definition) is 1. The van der Waals surface area contributed by atoms with Gasteiger partial charge in [0, 0.05) is 25.3 Å². The number of benzene rings is 1. The lowest BCUT2D eigenvalue weighted by Crippen LogP contribution is -2.25. The van der Waals surface area contributed by atoms with Gasteiger partial charge in [-0.15, -0.1) is 0 Å².